The van der Waals surface area contributed by atoms with Crippen LogP contribution in [0.3, 0.4) is 0 Å². The van der Waals surface area contributed by atoms with Gasteiger partial charge in [0.1, 0.15) is 23.2 Å². The third-order valence-corrected chi connectivity index (χ3v) is 6.29. The molecule has 182 valence electrons. The Labute approximate surface area is 203 Å². The first-order valence-corrected chi connectivity index (χ1v) is 11.9. The van der Waals surface area contributed by atoms with Crippen molar-refractivity contribution in [3.05, 3.63) is 69.7 Å². The SMILES string of the molecule is CCc1cccc(CC)c1NC(=O)[C@H](CC)n1nc(-c2cccc(OC)c2)c2c(C)onc2c1=O. The molecule has 0 aliphatic carbocycles. The van der Waals surface area contributed by atoms with Gasteiger partial charge in [-0.3, -0.25) is 9.59 Å². The van der Waals surface area contributed by atoms with Crippen LogP contribution in [-0.4, -0.2) is 28.0 Å². The summed E-state index contributed by atoms with van der Waals surface area (Å²) in [6, 6.07) is 12.6. The number of para-hydroxylation sites is 1. The van der Waals surface area contributed by atoms with Gasteiger partial charge in [-0.1, -0.05) is 56.3 Å². The van der Waals surface area contributed by atoms with Crippen LogP contribution in [0.4, 0.5) is 5.69 Å². The Hall–Kier alpha value is -3.94. The molecule has 2 heterocycles. The van der Waals surface area contributed by atoms with Crippen LogP contribution in [0.5, 0.6) is 5.75 Å². The maximum absolute atomic E-state index is 13.5. The number of hydrogen-bond acceptors (Lipinski definition) is 6. The maximum Gasteiger partial charge on any atom is 0.297 e. The lowest BCUT2D eigenvalue weighted by Crippen LogP contribution is -2.35. The molecule has 0 fully saturated rings. The number of nitrogens with zero attached hydrogens (tertiary/aromatic N) is 3. The van der Waals surface area contributed by atoms with Crippen molar-refractivity contribution in [3.8, 4) is 17.0 Å². The van der Waals surface area contributed by atoms with Crippen molar-refractivity contribution in [1.29, 1.82) is 0 Å². The lowest BCUT2D eigenvalue weighted by Gasteiger charge is -2.20. The Kier molecular flexibility index (Phi) is 7.00. The molecular weight excluding hydrogens is 444 g/mol. The minimum absolute atomic E-state index is 0.143. The van der Waals surface area contributed by atoms with Gasteiger partial charge in [0.25, 0.3) is 5.56 Å². The zero-order chi connectivity index (χ0) is 25.1. The normalized spacial score (nSPS) is 12.0. The Morgan fingerprint density at radius 1 is 1.11 bits per heavy atom. The Morgan fingerprint density at radius 3 is 2.43 bits per heavy atom. The van der Waals surface area contributed by atoms with Crippen LogP contribution in [0, 0.1) is 6.92 Å². The van der Waals surface area contributed by atoms with Crippen LogP contribution >= 0.6 is 0 Å². The molecule has 35 heavy (non-hydrogen) atoms. The van der Waals surface area contributed by atoms with Crippen molar-refractivity contribution >= 4 is 22.5 Å². The van der Waals surface area contributed by atoms with Crippen molar-refractivity contribution in [2.75, 3.05) is 12.4 Å². The standard InChI is InChI=1S/C27H30N4O4/c1-6-17-11-9-12-18(7-2)23(17)28-26(32)21(8-3)31-27(33)25-22(16(4)35-30-25)24(29-31)19-13-10-14-20(15-19)34-5/h9-15,21H,6-8H2,1-5H3,(H,28,32)/t21-/m0/s1. The van der Waals surface area contributed by atoms with Gasteiger partial charge in [-0.15, -0.1) is 0 Å². The number of carbonyl (C=O) groups excluding carboxylic acids is 1. The number of hydrogen-bond donors (Lipinski definition) is 1. The highest BCUT2D eigenvalue weighted by Crippen LogP contribution is 2.30. The summed E-state index contributed by atoms with van der Waals surface area (Å²) in [5.41, 5.74) is 3.82. The predicted octanol–water partition coefficient (Wildman–Crippen LogP) is 5.08. The molecule has 0 aliphatic rings. The van der Waals surface area contributed by atoms with E-state index in [9.17, 15) is 9.59 Å². The summed E-state index contributed by atoms with van der Waals surface area (Å²) in [5, 5.41) is 12.3. The van der Waals surface area contributed by atoms with Crippen LogP contribution in [0.1, 0.15) is 50.1 Å². The molecule has 0 radical (unpaired) electrons. The number of aryl methyl sites for hydroxylation is 3. The third-order valence-electron chi connectivity index (χ3n) is 6.29. The number of carbonyl (C=O) groups is 1. The highest BCUT2D eigenvalue weighted by molar-refractivity contribution is 5.96. The van der Waals surface area contributed by atoms with Gasteiger partial charge in [-0.25, -0.2) is 4.68 Å². The van der Waals surface area contributed by atoms with Crippen molar-refractivity contribution in [2.45, 2.75) is 53.0 Å². The highest BCUT2D eigenvalue weighted by atomic mass is 16.5. The average Bonchev–Trinajstić information content (AvgIpc) is 3.27. The molecule has 0 aliphatic heterocycles. The topological polar surface area (TPSA) is 99.2 Å². The average molecular weight is 475 g/mol. The lowest BCUT2D eigenvalue weighted by molar-refractivity contribution is -0.119. The minimum Gasteiger partial charge on any atom is -0.497 e. The summed E-state index contributed by atoms with van der Waals surface area (Å²) in [4.78, 5) is 27.0. The largest absolute Gasteiger partial charge is 0.497 e. The molecule has 2 aromatic heterocycles. The summed E-state index contributed by atoms with van der Waals surface area (Å²) >= 11 is 0. The molecule has 8 heteroatoms. The molecule has 8 nitrogen and oxygen atoms in total. The van der Waals surface area contributed by atoms with E-state index >= 15 is 0 Å². The van der Waals surface area contributed by atoms with Crippen LogP contribution in [0.25, 0.3) is 22.2 Å². The molecule has 0 saturated carbocycles. The van der Waals surface area contributed by atoms with E-state index in [2.05, 4.69) is 29.4 Å². The van der Waals surface area contributed by atoms with Crippen LogP contribution in [0.2, 0.25) is 0 Å². The van der Waals surface area contributed by atoms with Crippen LogP contribution in [-0.2, 0) is 17.6 Å². The Morgan fingerprint density at radius 2 is 1.80 bits per heavy atom. The fourth-order valence-electron chi connectivity index (χ4n) is 4.37. The van der Waals surface area contributed by atoms with Gasteiger partial charge in [0.15, 0.2) is 5.52 Å². The first-order valence-electron chi connectivity index (χ1n) is 11.9. The van der Waals surface area contributed by atoms with E-state index in [-0.39, 0.29) is 11.4 Å². The van der Waals surface area contributed by atoms with Crippen molar-refractivity contribution in [1.82, 2.24) is 14.9 Å². The Balaban J connectivity index is 1.85. The summed E-state index contributed by atoms with van der Waals surface area (Å²) in [6.07, 6.45) is 1.93. The van der Waals surface area contributed by atoms with E-state index in [4.69, 9.17) is 9.26 Å². The first-order chi connectivity index (χ1) is 16.9. The monoisotopic (exact) mass is 474 g/mol. The number of anilines is 1. The van der Waals surface area contributed by atoms with Gasteiger partial charge in [0, 0.05) is 11.3 Å². The second kappa shape index (κ2) is 10.1. The summed E-state index contributed by atoms with van der Waals surface area (Å²) in [5.74, 6) is 0.836. The molecule has 4 aromatic rings. The number of rotatable bonds is 8. The summed E-state index contributed by atoms with van der Waals surface area (Å²) < 4.78 is 12.0. The fourth-order valence-corrected chi connectivity index (χ4v) is 4.37. The summed E-state index contributed by atoms with van der Waals surface area (Å²) in [6.45, 7) is 7.70. The second-order valence-electron chi connectivity index (χ2n) is 8.36. The zero-order valence-electron chi connectivity index (χ0n) is 20.7. The van der Waals surface area contributed by atoms with E-state index in [0.717, 1.165) is 35.2 Å². The second-order valence-corrected chi connectivity index (χ2v) is 8.36. The number of nitrogens with one attached hydrogen (secondary N) is 1. The third kappa shape index (κ3) is 4.43. The quantitative estimate of drug-likeness (QED) is 0.382. The fraction of sp³-hybridized carbons (Fsp3) is 0.333. The number of fused-ring (bicyclic) bond motifs is 1. The zero-order valence-corrected chi connectivity index (χ0v) is 20.7. The number of aromatic nitrogens is 3. The van der Waals surface area contributed by atoms with Gasteiger partial charge in [0.05, 0.1) is 12.5 Å². The smallest absolute Gasteiger partial charge is 0.297 e. The molecule has 2 aromatic carbocycles. The van der Waals surface area contributed by atoms with Gasteiger partial charge >= 0.3 is 0 Å². The number of ether oxygens (including phenoxy) is 1. The molecule has 0 saturated heterocycles. The van der Waals surface area contributed by atoms with Crippen molar-refractivity contribution in [2.24, 2.45) is 0 Å². The van der Waals surface area contributed by atoms with E-state index in [1.165, 1.54) is 4.68 Å². The highest BCUT2D eigenvalue weighted by Gasteiger charge is 2.27. The first kappa shape index (κ1) is 24.2. The number of methoxy groups -OCH3 is 1. The van der Waals surface area contributed by atoms with Crippen LogP contribution in [0.15, 0.2) is 51.8 Å². The van der Waals surface area contributed by atoms with E-state index in [1.807, 2.05) is 49.4 Å². The maximum atomic E-state index is 13.5. The van der Waals surface area contributed by atoms with Crippen LogP contribution < -0.4 is 15.6 Å². The molecule has 0 spiro atoms. The van der Waals surface area contributed by atoms with Gasteiger partial charge in [-0.2, -0.15) is 5.10 Å². The molecule has 4 rings (SSSR count). The molecule has 1 amide bonds. The number of benzene rings is 2. The molecule has 0 unspecified atom stereocenters. The molecule has 0 bridgehead atoms. The summed E-state index contributed by atoms with van der Waals surface area (Å²) in [7, 11) is 1.59. The van der Waals surface area contributed by atoms with Gasteiger partial charge < -0.3 is 14.6 Å². The van der Waals surface area contributed by atoms with Crippen molar-refractivity contribution in [3.63, 3.8) is 0 Å². The van der Waals surface area contributed by atoms with Gasteiger partial charge in [-0.05, 0) is 49.4 Å². The van der Waals surface area contributed by atoms with Crippen molar-refractivity contribution < 1.29 is 14.1 Å². The molecular formula is C27H30N4O4. The molecule has 1 atom stereocenters. The van der Waals surface area contributed by atoms with Gasteiger partial charge in [0.2, 0.25) is 5.91 Å². The lowest BCUT2D eigenvalue weighted by atomic mass is 10.0. The van der Waals surface area contributed by atoms with E-state index < -0.39 is 11.6 Å². The Bertz CT molecular complexity index is 1410. The minimum atomic E-state index is -0.831. The van der Waals surface area contributed by atoms with E-state index in [1.54, 1.807) is 14.0 Å². The van der Waals surface area contributed by atoms with E-state index in [0.29, 0.717) is 29.0 Å². The predicted molar refractivity (Wildman–Crippen MR) is 136 cm³/mol. The number of amides is 1. The molecule has 1 N–H and O–H groups in total.